The van der Waals surface area contributed by atoms with Gasteiger partial charge in [-0.05, 0) is 17.7 Å². The number of hydrogen-bond acceptors (Lipinski definition) is 3. The van der Waals surface area contributed by atoms with Crippen LogP contribution in [0.1, 0.15) is 13.3 Å². The number of benzene rings is 1. The second-order valence-corrected chi connectivity index (χ2v) is 3.43. The third-order valence-electron chi connectivity index (χ3n) is 2.46. The van der Waals surface area contributed by atoms with Crippen LogP contribution in [0, 0.1) is 4.91 Å². The standard InChI is InChI=1S/C11H12N2O2/c1-2-7-13-9-6-4-3-5-8(9)10(12-15)11(13)14/h3-6,14H,2,7H2,1H3. The number of fused-ring (bicyclic) bond motifs is 1. The largest absolute Gasteiger partial charge is 0.493 e. The van der Waals surface area contributed by atoms with Crippen LogP contribution in [-0.4, -0.2) is 9.67 Å². The number of aromatic hydroxyl groups is 1. The van der Waals surface area contributed by atoms with Crippen LogP contribution in [0.25, 0.3) is 10.9 Å². The lowest BCUT2D eigenvalue weighted by molar-refractivity contribution is 0.421. The molecule has 2 aromatic rings. The van der Waals surface area contributed by atoms with Crippen LogP contribution in [0.15, 0.2) is 29.4 Å². The summed E-state index contributed by atoms with van der Waals surface area (Å²) in [6, 6.07) is 7.37. The van der Waals surface area contributed by atoms with Gasteiger partial charge in [-0.15, -0.1) is 4.91 Å². The van der Waals surface area contributed by atoms with Gasteiger partial charge in [0.2, 0.25) is 5.88 Å². The van der Waals surface area contributed by atoms with Crippen molar-refractivity contribution in [2.24, 2.45) is 5.18 Å². The van der Waals surface area contributed by atoms with Gasteiger partial charge in [0.05, 0.1) is 5.52 Å². The van der Waals surface area contributed by atoms with Crippen LogP contribution >= 0.6 is 0 Å². The van der Waals surface area contributed by atoms with E-state index in [2.05, 4.69) is 5.18 Å². The lowest BCUT2D eigenvalue weighted by Gasteiger charge is -2.03. The highest BCUT2D eigenvalue weighted by atomic mass is 16.3. The molecular formula is C11H12N2O2. The zero-order chi connectivity index (χ0) is 10.8. The summed E-state index contributed by atoms with van der Waals surface area (Å²) < 4.78 is 1.71. The maximum Gasteiger partial charge on any atom is 0.222 e. The Morgan fingerprint density at radius 1 is 1.40 bits per heavy atom. The van der Waals surface area contributed by atoms with Crippen molar-refractivity contribution in [3.05, 3.63) is 29.2 Å². The first-order valence-corrected chi connectivity index (χ1v) is 4.93. The molecule has 1 heterocycles. The van der Waals surface area contributed by atoms with Crippen molar-refractivity contribution >= 4 is 16.6 Å². The second-order valence-electron chi connectivity index (χ2n) is 3.43. The SMILES string of the molecule is CCCn1c(O)c(N=O)c2ccccc21. The minimum atomic E-state index is -0.0342. The highest BCUT2D eigenvalue weighted by Crippen LogP contribution is 2.38. The molecule has 0 spiro atoms. The maximum absolute atomic E-state index is 10.6. The van der Waals surface area contributed by atoms with Gasteiger partial charge in [-0.1, -0.05) is 25.1 Å². The average Bonchev–Trinajstić information content (AvgIpc) is 2.53. The molecule has 15 heavy (non-hydrogen) atoms. The second kappa shape index (κ2) is 3.73. The Bertz CT molecular complexity index is 503. The van der Waals surface area contributed by atoms with Gasteiger partial charge in [-0.2, -0.15) is 0 Å². The summed E-state index contributed by atoms with van der Waals surface area (Å²) in [7, 11) is 0. The first-order chi connectivity index (χ1) is 7.29. The predicted molar refractivity (Wildman–Crippen MR) is 59.3 cm³/mol. The first kappa shape index (κ1) is 9.71. The topological polar surface area (TPSA) is 54.6 Å². The minimum absolute atomic E-state index is 0.0342. The highest BCUT2D eigenvalue weighted by molar-refractivity contribution is 5.94. The monoisotopic (exact) mass is 204 g/mol. The molecule has 0 amide bonds. The van der Waals surface area contributed by atoms with Crippen molar-refractivity contribution in [1.29, 1.82) is 0 Å². The molecule has 0 radical (unpaired) electrons. The van der Waals surface area contributed by atoms with Crippen LogP contribution < -0.4 is 0 Å². The van der Waals surface area contributed by atoms with E-state index >= 15 is 0 Å². The molecule has 0 aliphatic carbocycles. The van der Waals surface area contributed by atoms with Gasteiger partial charge in [-0.3, -0.25) is 0 Å². The Morgan fingerprint density at radius 3 is 2.80 bits per heavy atom. The van der Waals surface area contributed by atoms with Gasteiger partial charge < -0.3 is 9.67 Å². The van der Waals surface area contributed by atoms with Gasteiger partial charge in [0.15, 0.2) is 5.69 Å². The molecule has 0 saturated heterocycles. The molecular weight excluding hydrogens is 192 g/mol. The van der Waals surface area contributed by atoms with Crippen molar-refractivity contribution in [2.75, 3.05) is 0 Å². The average molecular weight is 204 g/mol. The third-order valence-corrected chi connectivity index (χ3v) is 2.46. The Labute approximate surface area is 87.1 Å². The fourth-order valence-electron chi connectivity index (χ4n) is 1.81. The zero-order valence-corrected chi connectivity index (χ0v) is 8.47. The predicted octanol–water partition coefficient (Wildman–Crippen LogP) is 3.15. The van der Waals surface area contributed by atoms with Gasteiger partial charge >= 0.3 is 0 Å². The number of para-hydroxylation sites is 1. The molecule has 1 N–H and O–H groups in total. The minimum Gasteiger partial charge on any atom is -0.493 e. The normalized spacial score (nSPS) is 10.7. The van der Waals surface area contributed by atoms with Crippen molar-refractivity contribution in [3.8, 4) is 5.88 Å². The van der Waals surface area contributed by atoms with E-state index in [0.717, 1.165) is 11.9 Å². The highest BCUT2D eigenvalue weighted by Gasteiger charge is 2.15. The summed E-state index contributed by atoms with van der Waals surface area (Å²) in [4.78, 5) is 10.6. The number of nitrogens with zero attached hydrogens (tertiary/aromatic N) is 2. The molecule has 0 aliphatic heterocycles. The quantitative estimate of drug-likeness (QED) is 0.781. The van der Waals surface area contributed by atoms with Crippen LogP contribution in [0.2, 0.25) is 0 Å². The van der Waals surface area contributed by atoms with E-state index in [-0.39, 0.29) is 11.6 Å². The summed E-state index contributed by atoms with van der Waals surface area (Å²) in [5.74, 6) is -0.0342. The molecule has 4 nitrogen and oxygen atoms in total. The fraction of sp³-hybridized carbons (Fsp3) is 0.273. The van der Waals surface area contributed by atoms with Crippen molar-refractivity contribution < 1.29 is 5.11 Å². The zero-order valence-electron chi connectivity index (χ0n) is 8.47. The summed E-state index contributed by atoms with van der Waals surface area (Å²) in [6.45, 7) is 2.70. The molecule has 0 saturated carbocycles. The molecule has 4 heteroatoms. The van der Waals surface area contributed by atoms with Crippen LogP contribution in [0.5, 0.6) is 5.88 Å². The molecule has 0 fully saturated rings. The van der Waals surface area contributed by atoms with E-state index in [0.29, 0.717) is 11.9 Å². The lowest BCUT2D eigenvalue weighted by atomic mass is 10.2. The molecule has 0 aliphatic rings. The molecule has 0 unspecified atom stereocenters. The van der Waals surface area contributed by atoms with Crippen LogP contribution in [0.4, 0.5) is 5.69 Å². The molecule has 2 rings (SSSR count). The number of nitroso groups, excluding NO2 is 1. The number of rotatable bonds is 3. The van der Waals surface area contributed by atoms with Crippen molar-refractivity contribution in [3.63, 3.8) is 0 Å². The molecule has 1 aromatic heterocycles. The molecule has 0 bridgehead atoms. The first-order valence-electron chi connectivity index (χ1n) is 4.93. The van der Waals surface area contributed by atoms with Crippen molar-refractivity contribution in [1.82, 2.24) is 4.57 Å². The van der Waals surface area contributed by atoms with E-state index in [1.54, 1.807) is 10.6 Å². The van der Waals surface area contributed by atoms with E-state index in [1.807, 2.05) is 25.1 Å². The lowest BCUT2D eigenvalue weighted by Crippen LogP contribution is -1.94. The van der Waals surface area contributed by atoms with Gasteiger partial charge in [0.1, 0.15) is 0 Å². The maximum atomic E-state index is 10.6. The Balaban J connectivity index is 2.78. The van der Waals surface area contributed by atoms with E-state index in [4.69, 9.17) is 0 Å². The number of aryl methyl sites for hydroxylation is 1. The third kappa shape index (κ3) is 1.38. The van der Waals surface area contributed by atoms with Gasteiger partial charge in [0, 0.05) is 11.9 Å². The Hall–Kier alpha value is -1.84. The fourth-order valence-corrected chi connectivity index (χ4v) is 1.81. The van der Waals surface area contributed by atoms with E-state index in [9.17, 15) is 10.0 Å². The molecule has 0 atom stereocenters. The Kier molecular flexibility index (Phi) is 2.41. The summed E-state index contributed by atoms with van der Waals surface area (Å²) in [5, 5.41) is 13.4. The number of aromatic nitrogens is 1. The van der Waals surface area contributed by atoms with Gasteiger partial charge in [-0.25, -0.2) is 0 Å². The summed E-state index contributed by atoms with van der Waals surface area (Å²) >= 11 is 0. The number of hydrogen-bond donors (Lipinski definition) is 1. The van der Waals surface area contributed by atoms with Crippen molar-refractivity contribution in [2.45, 2.75) is 19.9 Å². The summed E-state index contributed by atoms with van der Waals surface area (Å²) in [5.41, 5.74) is 0.991. The molecule has 78 valence electrons. The Morgan fingerprint density at radius 2 is 2.13 bits per heavy atom. The molecule has 1 aromatic carbocycles. The van der Waals surface area contributed by atoms with Crippen LogP contribution in [-0.2, 0) is 6.54 Å². The van der Waals surface area contributed by atoms with E-state index in [1.165, 1.54) is 0 Å². The smallest absolute Gasteiger partial charge is 0.222 e. The van der Waals surface area contributed by atoms with Gasteiger partial charge in [0.25, 0.3) is 0 Å². The van der Waals surface area contributed by atoms with E-state index < -0.39 is 0 Å². The summed E-state index contributed by atoms with van der Waals surface area (Å²) in [6.07, 6.45) is 0.893. The van der Waals surface area contributed by atoms with Crippen LogP contribution in [0.3, 0.4) is 0 Å².